The molecule has 1 aromatic rings. The lowest BCUT2D eigenvalue weighted by atomic mass is 9.79. The van der Waals surface area contributed by atoms with Crippen molar-refractivity contribution in [1.29, 1.82) is 0 Å². The van der Waals surface area contributed by atoms with E-state index in [-0.39, 0.29) is 18.4 Å². The number of hydrogen-bond acceptors (Lipinski definition) is 4. The summed E-state index contributed by atoms with van der Waals surface area (Å²) < 4.78 is 5.43. The molecular formula is C19H23ClN2O5. The van der Waals surface area contributed by atoms with Gasteiger partial charge in [0.1, 0.15) is 5.75 Å². The second-order valence-corrected chi connectivity index (χ2v) is 7.80. The second kappa shape index (κ2) is 7.76. The first-order chi connectivity index (χ1) is 12.8. The Morgan fingerprint density at radius 1 is 1.11 bits per heavy atom. The molecule has 8 heteroatoms. The lowest BCUT2D eigenvalue weighted by molar-refractivity contribution is -0.150. The number of hydrazine groups is 1. The number of carbonyl (C=O) groups excluding carboxylic acids is 2. The third-order valence-corrected chi connectivity index (χ3v) is 6.21. The van der Waals surface area contributed by atoms with E-state index in [0.29, 0.717) is 10.8 Å². The molecule has 7 nitrogen and oxygen atoms in total. The summed E-state index contributed by atoms with van der Waals surface area (Å²) in [6.07, 6.45) is 2.48. The number of carboxylic acids is 1. The van der Waals surface area contributed by atoms with Crippen molar-refractivity contribution >= 4 is 29.4 Å². The van der Waals surface area contributed by atoms with E-state index >= 15 is 0 Å². The minimum atomic E-state index is -0.939. The predicted octanol–water partition coefficient (Wildman–Crippen LogP) is 2.23. The highest BCUT2D eigenvalue weighted by molar-refractivity contribution is 6.32. The fraction of sp³-hybridized carbons (Fsp3) is 0.526. The molecule has 2 amide bonds. The van der Waals surface area contributed by atoms with E-state index in [1.807, 2.05) is 13.8 Å². The molecule has 2 aliphatic carbocycles. The summed E-state index contributed by atoms with van der Waals surface area (Å²) in [6.45, 7) is 3.41. The molecule has 27 heavy (non-hydrogen) atoms. The Balaban J connectivity index is 1.50. The monoisotopic (exact) mass is 394 g/mol. The summed E-state index contributed by atoms with van der Waals surface area (Å²) in [4.78, 5) is 35.9. The molecule has 0 aliphatic heterocycles. The van der Waals surface area contributed by atoms with Crippen LogP contribution in [0.15, 0.2) is 12.1 Å². The first-order valence-electron chi connectivity index (χ1n) is 8.99. The van der Waals surface area contributed by atoms with E-state index in [1.165, 1.54) is 0 Å². The highest BCUT2D eigenvalue weighted by Gasteiger charge is 2.54. The maximum absolute atomic E-state index is 12.4. The fourth-order valence-corrected chi connectivity index (χ4v) is 4.52. The third kappa shape index (κ3) is 4.03. The smallest absolute Gasteiger partial charge is 0.307 e. The van der Waals surface area contributed by atoms with E-state index in [0.717, 1.165) is 30.4 Å². The molecule has 0 aromatic heterocycles. The van der Waals surface area contributed by atoms with Crippen LogP contribution in [-0.4, -0.2) is 29.5 Å². The van der Waals surface area contributed by atoms with E-state index in [2.05, 4.69) is 10.9 Å². The zero-order valence-corrected chi connectivity index (χ0v) is 16.0. The average molecular weight is 395 g/mol. The number of rotatable bonds is 5. The zero-order chi connectivity index (χ0) is 19.7. The summed E-state index contributed by atoms with van der Waals surface area (Å²) in [5.41, 5.74) is 6.35. The van der Waals surface area contributed by atoms with Crippen LogP contribution < -0.4 is 15.6 Å². The van der Waals surface area contributed by atoms with Gasteiger partial charge < -0.3 is 9.84 Å². The van der Waals surface area contributed by atoms with Crippen LogP contribution >= 0.6 is 11.6 Å². The molecule has 2 bridgehead atoms. The molecule has 3 N–H and O–H groups in total. The van der Waals surface area contributed by atoms with Gasteiger partial charge in [-0.25, -0.2) is 0 Å². The minimum absolute atomic E-state index is 0.0543. The van der Waals surface area contributed by atoms with Gasteiger partial charge in [0.2, 0.25) is 5.91 Å². The van der Waals surface area contributed by atoms with Gasteiger partial charge in [-0.05, 0) is 68.2 Å². The van der Waals surface area contributed by atoms with Gasteiger partial charge in [0.05, 0.1) is 11.8 Å². The van der Waals surface area contributed by atoms with Crippen molar-refractivity contribution in [2.75, 3.05) is 6.61 Å². The molecule has 1 aromatic carbocycles. The molecule has 2 aliphatic rings. The molecule has 4 unspecified atom stereocenters. The number of aryl methyl sites for hydroxylation is 2. The van der Waals surface area contributed by atoms with Crippen molar-refractivity contribution in [3.05, 3.63) is 28.3 Å². The van der Waals surface area contributed by atoms with Crippen LogP contribution in [0.25, 0.3) is 0 Å². The molecular weight excluding hydrogens is 372 g/mol. The molecule has 2 saturated carbocycles. The minimum Gasteiger partial charge on any atom is -0.484 e. The van der Waals surface area contributed by atoms with Crippen LogP contribution in [0.2, 0.25) is 5.02 Å². The number of hydrogen-bond donors (Lipinski definition) is 3. The molecule has 146 valence electrons. The number of carbonyl (C=O) groups is 3. The van der Waals surface area contributed by atoms with Crippen molar-refractivity contribution in [3.8, 4) is 5.75 Å². The van der Waals surface area contributed by atoms with Gasteiger partial charge in [0.25, 0.3) is 5.91 Å². The second-order valence-electron chi connectivity index (χ2n) is 7.42. The molecule has 3 rings (SSSR count). The maximum Gasteiger partial charge on any atom is 0.307 e. The van der Waals surface area contributed by atoms with E-state index in [1.54, 1.807) is 12.1 Å². The van der Waals surface area contributed by atoms with Gasteiger partial charge in [0.15, 0.2) is 6.61 Å². The first kappa shape index (κ1) is 19.5. The van der Waals surface area contributed by atoms with Gasteiger partial charge in [-0.3, -0.25) is 25.2 Å². The Morgan fingerprint density at radius 2 is 1.70 bits per heavy atom. The lowest BCUT2D eigenvalue weighted by Crippen LogP contribution is -2.49. The summed E-state index contributed by atoms with van der Waals surface area (Å²) in [7, 11) is 0. The summed E-state index contributed by atoms with van der Waals surface area (Å²) in [5, 5.41) is 10.1. The molecule has 2 fully saturated rings. The number of carboxylic acid groups (broad SMARTS) is 1. The van der Waals surface area contributed by atoms with Gasteiger partial charge >= 0.3 is 5.97 Å². The van der Waals surface area contributed by atoms with Gasteiger partial charge in [0, 0.05) is 5.02 Å². The van der Waals surface area contributed by atoms with Crippen LogP contribution in [0, 0.1) is 37.5 Å². The summed E-state index contributed by atoms with van der Waals surface area (Å²) in [6, 6.07) is 3.46. The van der Waals surface area contributed by atoms with Crippen molar-refractivity contribution < 1.29 is 24.2 Å². The Kier molecular flexibility index (Phi) is 5.60. The quantitative estimate of drug-likeness (QED) is 0.664. The van der Waals surface area contributed by atoms with Crippen molar-refractivity contribution in [2.45, 2.75) is 33.1 Å². The zero-order valence-electron chi connectivity index (χ0n) is 15.3. The number of benzene rings is 1. The standard InChI is InChI=1S/C19H23ClN2O5/c1-9-5-13(6-10(2)17(9)20)27-8-14(23)21-22-18(24)15-11-3-4-12(7-11)16(15)19(25)26/h5-6,11-12,15-16H,3-4,7-8H2,1-2H3,(H,21,23)(H,22,24)(H,25,26). The molecule has 0 saturated heterocycles. The lowest BCUT2D eigenvalue weighted by Gasteiger charge is -2.26. The van der Waals surface area contributed by atoms with E-state index in [4.69, 9.17) is 16.3 Å². The van der Waals surface area contributed by atoms with Crippen molar-refractivity contribution in [1.82, 2.24) is 10.9 Å². The number of halogens is 1. The highest BCUT2D eigenvalue weighted by Crippen LogP contribution is 2.52. The van der Waals surface area contributed by atoms with Crippen LogP contribution in [0.3, 0.4) is 0 Å². The molecule has 0 spiro atoms. The predicted molar refractivity (Wildman–Crippen MR) is 98.2 cm³/mol. The van der Waals surface area contributed by atoms with E-state index < -0.39 is 29.6 Å². The Labute approximate surface area is 162 Å². The van der Waals surface area contributed by atoms with E-state index in [9.17, 15) is 19.5 Å². The summed E-state index contributed by atoms with van der Waals surface area (Å²) in [5.74, 6) is -2.53. The van der Waals surface area contributed by atoms with Crippen LogP contribution in [0.5, 0.6) is 5.75 Å². The van der Waals surface area contributed by atoms with Gasteiger partial charge in [-0.1, -0.05) is 11.6 Å². The van der Waals surface area contributed by atoms with Crippen LogP contribution in [0.4, 0.5) is 0 Å². The van der Waals surface area contributed by atoms with Gasteiger partial charge in [-0.15, -0.1) is 0 Å². The molecule has 0 heterocycles. The molecule has 4 atom stereocenters. The number of aliphatic carboxylic acids is 1. The summed E-state index contributed by atoms with van der Waals surface area (Å²) >= 11 is 6.10. The van der Waals surface area contributed by atoms with Crippen LogP contribution in [-0.2, 0) is 14.4 Å². The Morgan fingerprint density at radius 3 is 2.30 bits per heavy atom. The third-order valence-electron chi connectivity index (χ3n) is 5.61. The highest BCUT2D eigenvalue weighted by atomic mass is 35.5. The van der Waals surface area contributed by atoms with Gasteiger partial charge in [-0.2, -0.15) is 0 Å². The number of fused-ring (bicyclic) bond motifs is 2. The fourth-order valence-electron chi connectivity index (χ4n) is 4.41. The van der Waals surface area contributed by atoms with Crippen molar-refractivity contribution in [2.24, 2.45) is 23.7 Å². The SMILES string of the molecule is Cc1cc(OCC(=O)NNC(=O)C2C3CCC(C3)C2C(=O)O)cc(C)c1Cl. The largest absolute Gasteiger partial charge is 0.484 e. The Bertz CT molecular complexity index is 758. The first-order valence-corrected chi connectivity index (χ1v) is 9.36. The Hall–Kier alpha value is -2.28. The normalized spacial score (nSPS) is 25.9. The average Bonchev–Trinajstić information content (AvgIpc) is 3.23. The van der Waals surface area contributed by atoms with Crippen LogP contribution in [0.1, 0.15) is 30.4 Å². The topological polar surface area (TPSA) is 105 Å². The van der Waals surface area contributed by atoms with Crippen molar-refractivity contribution in [3.63, 3.8) is 0 Å². The number of ether oxygens (including phenoxy) is 1. The maximum atomic E-state index is 12.4. The molecule has 0 radical (unpaired) electrons. The number of nitrogens with one attached hydrogen (secondary N) is 2. The number of amides is 2.